The van der Waals surface area contributed by atoms with Crippen molar-refractivity contribution in [3.05, 3.63) is 82.0 Å². The molecule has 2 aromatic rings. The number of benzene rings is 1. The second kappa shape index (κ2) is 12.0. The summed E-state index contributed by atoms with van der Waals surface area (Å²) in [5.41, 5.74) is 12.4. The Bertz CT molecular complexity index is 1020. The molecule has 1 atom stereocenters. The van der Waals surface area contributed by atoms with Crippen LogP contribution in [0, 0.1) is 0 Å². The van der Waals surface area contributed by atoms with Crippen LogP contribution < -0.4 is 10.9 Å². The van der Waals surface area contributed by atoms with Crippen LogP contribution in [0.25, 0.3) is 22.1 Å². The number of methoxy groups -OCH3 is 1. The summed E-state index contributed by atoms with van der Waals surface area (Å²) >= 11 is 0. The maximum absolute atomic E-state index is 12.6. The summed E-state index contributed by atoms with van der Waals surface area (Å²) in [5, 5.41) is 4.59. The van der Waals surface area contributed by atoms with E-state index in [0.29, 0.717) is 5.69 Å². The smallest absolute Gasteiger partial charge is 0.265 e. The number of nitrogens with two attached hydrogens (primary N) is 1. The number of amides is 1. The van der Waals surface area contributed by atoms with E-state index in [9.17, 15) is 4.79 Å². The highest BCUT2D eigenvalue weighted by Crippen LogP contribution is 2.22. The van der Waals surface area contributed by atoms with Crippen molar-refractivity contribution in [2.75, 3.05) is 25.7 Å². The van der Waals surface area contributed by atoms with Crippen molar-refractivity contribution in [3.8, 4) is 0 Å². The quantitative estimate of drug-likeness (QED) is 0.0958. The van der Waals surface area contributed by atoms with Crippen LogP contribution in [0.15, 0.2) is 65.0 Å². The van der Waals surface area contributed by atoms with Crippen molar-refractivity contribution in [1.29, 1.82) is 0 Å². The highest BCUT2D eigenvalue weighted by molar-refractivity contribution is 6.11. The summed E-state index contributed by atoms with van der Waals surface area (Å²) in [5.74, 6) is 5.60. The van der Waals surface area contributed by atoms with Crippen LogP contribution in [0.3, 0.4) is 0 Å². The van der Waals surface area contributed by atoms with E-state index in [4.69, 9.17) is 16.1 Å². The van der Waals surface area contributed by atoms with Crippen LogP contribution in [0.5, 0.6) is 0 Å². The van der Waals surface area contributed by atoms with Crippen molar-refractivity contribution in [2.45, 2.75) is 13.0 Å². The zero-order chi connectivity index (χ0) is 22.6. The summed E-state index contributed by atoms with van der Waals surface area (Å²) < 4.78 is 5.32. The number of hydrogen-bond acceptors (Lipinski definition) is 6. The Morgan fingerprint density at radius 1 is 1.35 bits per heavy atom. The molecule has 1 amide bonds. The summed E-state index contributed by atoms with van der Waals surface area (Å²) in [6.45, 7) is 2.09. The molecular weight excluding hydrogens is 394 g/mol. The van der Waals surface area contributed by atoms with Crippen molar-refractivity contribution >= 4 is 29.5 Å². The molecule has 1 aromatic carbocycles. The van der Waals surface area contributed by atoms with Crippen LogP contribution in [-0.4, -0.2) is 37.8 Å². The first-order valence-corrected chi connectivity index (χ1v) is 9.49. The molecule has 1 heterocycles. The predicted octanol–water partition coefficient (Wildman–Crippen LogP) is 4.10. The Morgan fingerprint density at radius 3 is 2.71 bits per heavy atom. The molecule has 0 spiro atoms. The lowest BCUT2D eigenvalue weighted by atomic mass is 10.0. The average molecular weight is 419 g/mol. The van der Waals surface area contributed by atoms with Gasteiger partial charge in [0.25, 0.3) is 5.91 Å². The second-order valence-corrected chi connectivity index (χ2v) is 6.37. The maximum atomic E-state index is 12.6. The Morgan fingerprint density at radius 2 is 2.10 bits per heavy atom. The van der Waals surface area contributed by atoms with E-state index in [1.54, 1.807) is 56.0 Å². The number of carbonyl (C=O) groups is 1. The third kappa shape index (κ3) is 6.35. The minimum absolute atomic E-state index is 0.171. The van der Waals surface area contributed by atoms with Gasteiger partial charge in [-0.2, -0.15) is 0 Å². The molecule has 0 radical (unpaired) electrons. The highest BCUT2D eigenvalue weighted by atomic mass is 16.5. The van der Waals surface area contributed by atoms with E-state index in [-0.39, 0.29) is 12.6 Å². The van der Waals surface area contributed by atoms with Crippen LogP contribution in [-0.2, 0) is 9.53 Å². The fourth-order valence-electron chi connectivity index (χ4n) is 2.89. The molecule has 160 valence electrons. The fraction of sp³-hybridized carbons (Fsp3) is 0.227. The zero-order valence-electron chi connectivity index (χ0n) is 17.7. The molecule has 2 N–H and O–H groups in total. The number of carbonyl (C=O) groups excluding carboxylic acids is 1. The molecule has 0 saturated heterocycles. The Hall–Kier alpha value is -3.78. The SMILES string of the molecule is C/C=C(\C=N/C)c1ccncc1/C=C/C(=O)N(N)c1ccc(C(CN=[N+]=[N-])OC)cc1. The molecule has 0 saturated carbocycles. The summed E-state index contributed by atoms with van der Waals surface area (Å²) in [6, 6.07) is 8.81. The monoisotopic (exact) mass is 419 g/mol. The third-order valence-electron chi connectivity index (χ3n) is 4.52. The molecule has 1 aromatic heterocycles. The predicted molar refractivity (Wildman–Crippen MR) is 123 cm³/mol. The summed E-state index contributed by atoms with van der Waals surface area (Å²) in [6.07, 6.45) is 9.75. The van der Waals surface area contributed by atoms with Crippen LogP contribution in [0.2, 0.25) is 0 Å². The van der Waals surface area contributed by atoms with Crippen LogP contribution >= 0.6 is 0 Å². The van der Waals surface area contributed by atoms with E-state index in [2.05, 4.69) is 20.0 Å². The van der Waals surface area contributed by atoms with Gasteiger partial charge in [-0.25, -0.2) is 10.9 Å². The number of aromatic nitrogens is 1. The number of azide groups is 1. The van der Waals surface area contributed by atoms with Gasteiger partial charge in [0.05, 0.1) is 18.3 Å². The first kappa shape index (κ1) is 23.5. The second-order valence-electron chi connectivity index (χ2n) is 6.37. The average Bonchev–Trinajstić information content (AvgIpc) is 2.81. The number of rotatable bonds is 9. The van der Waals surface area contributed by atoms with Crippen molar-refractivity contribution in [1.82, 2.24) is 4.98 Å². The van der Waals surface area contributed by atoms with Gasteiger partial charge in [0.1, 0.15) is 0 Å². The standard InChI is InChI=1S/C22H25N7O2/c1-4-16(13-25-2)20-11-12-26-14-18(20)7-10-22(30)29(24)19-8-5-17(6-9-19)21(31-3)15-27-28-23/h4-14,21H,15,24H2,1-3H3/b10-7+,16-4+,25-13-. The molecule has 2 rings (SSSR count). The van der Waals surface area contributed by atoms with Crippen molar-refractivity contribution < 1.29 is 9.53 Å². The van der Waals surface area contributed by atoms with Gasteiger partial charge in [-0.05, 0) is 53.4 Å². The molecule has 0 aliphatic heterocycles. The molecule has 0 aliphatic carbocycles. The number of anilines is 1. The molecule has 31 heavy (non-hydrogen) atoms. The topological polar surface area (TPSA) is 130 Å². The van der Waals surface area contributed by atoms with Gasteiger partial charge in [-0.3, -0.25) is 14.8 Å². The first-order valence-electron chi connectivity index (χ1n) is 9.49. The van der Waals surface area contributed by atoms with E-state index >= 15 is 0 Å². The van der Waals surface area contributed by atoms with E-state index in [1.807, 2.05) is 19.1 Å². The van der Waals surface area contributed by atoms with Gasteiger partial charge >= 0.3 is 0 Å². The van der Waals surface area contributed by atoms with Gasteiger partial charge in [0.2, 0.25) is 0 Å². The van der Waals surface area contributed by atoms with E-state index in [1.165, 1.54) is 13.2 Å². The van der Waals surface area contributed by atoms with Gasteiger partial charge < -0.3 is 4.74 Å². The molecule has 1 unspecified atom stereocenters. The Kier molecular flexibility index (Phi) is 9.13. The van der Waals surface area contributed by atoms with Gasteiger partial charge in [-0.1, -0.05) is 23.3 Å². The third-order valence-corrected chi connectivity index (χ3v) is 4.52. The number of aliphatic imine (C=N–C) groups is 1. The molecule has 0 aliphatic rings. The van der Waals surface area contributed by atoms with Crippen LogP contribution in [0.4, 0.5) is 5.69 Å². The Balaban J connectivity index is 2.18. The van der Waals surface area contributed by atoms with Crippen molar-refractivity contribution in [2.24, 2.45) is 15.9 Å². The van der Waals surface area contributed by atoms with Crippen LogP contribution in [0.1, 0.15) is 29.7 Å². The van der Waals surface area contributed by atoms with Gasteiger partial charge in [0.15, 0.2) is 0 Å². The van der Waals surface area contributed by atoms with E-state index in [0.717, 1.165) is 27.3 Å². The molecule has 9 nitrogen and oxygen atoms in total. The number of ether oxygens (including phenoxy) is 1. The zero-order valence-corrected chi connectivity index (χ0v) is 17.7. The first-order chi connectivity index (χ1) is 15.0. The highest BCUT2D eigenvalue weighted by Gasteiger charge is 2.13. The van der Waals surface area contributed by atoms with E-state index < -0.39 is 5.91 Å². The van der Waals surface area contributed by atoms with Gasteiger partial charge in [-0.15, -0.1) is 0 Å². The lowest BCUT2D eigenvalue weighted by molar-refractivity contribution is -0.114. The molecular formula is C22H25N7O2. The number of allylic oxidation sites excluding steroid dienone is 2. The number of hydrazine groups is 1. The number of nitrogens with zero attached hydrogens (tertiary/aromatic N) is 6. The van der Waals surface area contributed by atoms with Crippen molar-refractivity contribution in [3.63, 3.8) is 0 Å². The number of hydrogen-bond donors (Lipinski definition) is 1. The maximum Gasteiger partial charge on any atom is 0.265 e. The van der Waals surface area contributed by atoms with Gasteiger partial charge in [0, 0.05) is 49.3 Å². The summed E-state index contributed by atoms with van der Waals surface area (Å²) in [7, 11) is 3.24. The largest absolute Gasteiger partial charge is 0.377 e. The Labute approximate surface area is 181 Å². The number of pyridine rings is 1. The lowest BCUT2D eigenvalue weighted by Crippen LogP contribution is -2.36. The normalized spacial score (nSPS) is 12.7. The minimum Gasteiger partial charge on any atom is -0.377 e. The molecule has 0 fully saturated rings. The fourth-order valence-corrected chi connectivity index (χ4v) is 2.89. The minimum atomic E-state index is -0.397. The lowest BCUT2D eigenvalue weighted by Gasteiger charge is -2.17. The molecule has 0 bridgehead atoms. The summed E-state index contributed by atoms with van der Waals surface area (Å²) in [4.78, 5) is 23.5. The molecule has 9 heteroatoms.